The van der Waals surface area contributed by atoms with Crippen LogP contribution in [0.4, 0.5) is 11.5 Å². The van der Waals surface area contributed by atoms with E-state index in [4.69, 9.17) is 17.3 Å². The Kier molecular flexibility index (Phi) is 5.33. The van der Waals surface area contributed by atoms with E-state index >= 15 is 0 Å². The summed E-state index contributed by atoms with van der Waals surface area (Å²) in [5.74, 6) is 0.608. The molecule has 1 aromatic carbocycles. The smallest absolute Gasteiger partial charge is 0.234 e. The lowest BCUT2D eigenvalue weighted by Crippen LogP contribution is -2.18. The van der Waals surface area contributed by atoms with Crippen LogP contribution in [-0.2, 0) is 10.0 Å². The number of halogens is 1. The van der Waals surface area contributed by atoms with E-state index in [0.717, 1.165) is 4.90 Å². The summed E-state index contributed by atoms with van der Waals surface area (Å²) >= 11 is 7.21. The topological polar surface area (TPSA) is 85.1 Å². The minimum Gasteiger partial charge on any atom is -0.399 e. The van der Waals surface area contributed by atoms with Crippen molar-refractivity contribution in [3.05, 3.63) is 47.6 Å². The Balaban J connectivity index is 1.90. The Morgan fingerprint density at radius 1 is 1.29 bits per heavy atom. The second-order valence-corrected chi connectivity index (χ2v) is 7.65. The third-order valence-corrected chi connectivity index (χ3v) is 5.21. The lowest BCUT2D eigenvalue weighted by Gasteiger charge is -2.07. The zero-order valence-corrected chi connectivity index (χ0v) is 13.4. The van der Waals surface area contributed by atoms with E-state index in [2.05, 4.69) is 9.71 Å². The molecular formula is C13H14ClN3O2S2. The molecule has 0 aliphatic rings. The van der Waals surface area contributed by atoms with Crippen LogP contribution < -0.4 is 10.5 Å². The van der Waals surface area contributed by atoms with Gasteiger partial charge in [-0.3, -0.25) is 4.72 Å². The van der Waals surface area contributed by atoms with Crippen molar-refractivity contribution in [3.8, 4) is 0 Å². The molecule has 1 heterocycles. The van der Waals surface area contributed by atoms with Crippen molar-refractivity contribution < 1.29 is 8.42 Å². The van der Waals surface area contributed by atoms with Crippen LogP contribution in [0.15, 0.2) is 47.5 Å². The number of hydrogen-bond acceptors (Lipinski definition) is 5. The summed E-state index contributed by atoms with van der Waals surface area (Å²) in [6.45, 7) is 0. The zero-order chi connectivity index (χ0) is 15.3. The molecule has 0 aliphatic carbocycles. The molecule has 21 heavy (non-hydrogen) atoms. The van der Waals surface area contributed by atoms with Gasteiger partial charge in [0, 0.05) is 33.6 Å². The van der Waals surface area contributed by atoms with Crippen molar-refractivity contribution in [2.75, 3.05) is 22.0 Å². The molecule has 0 spiro atoms. The molecule has 0 aliphatic heterocycles. The SMILES string of the molecule is Nc1cccc(SCCS(=O)(=O)Nc2cc(Cl)ccn2)c1. The molecule has 3 N–H and O–H groups in total. The molecular weight excluding hydrogens is 330 g/mol. The van der Waals surface area contributed by atoms with Crippen molar-refractivity contribution in [2.24, 2.45) is 0 Å². The van der Waals surface area contributed by atoms with Gasteiger partial charge in [-0.15, -0.1) is 11.8 Å². The molecule has 8 heteroatoms. The third-order valence-electron chi connectivity index (χ3n) is 2.46. The minimum atomic E-state index is -3.45. The number of benzene rings is 1. The van der Waals surface area contributed by atoms with Crippen LogP contribution in [0.1, 0.15) is 0 Å². The molecule has 0 fully saturated rings. The summed E-state index contributed by atoms with van der Waals surface area (Å²) < 4.78 is 26.3. The Bertz CT molecular complexity index is 723. The zero-order valence-electron chi connectivity index (χ0n) is 11.0. The number of pyridine rings is 1. The van der Waals surface area contributed by atoms with Crippen LogP contribution in [0.25, 0.3) is 0 Å². The number of aromatic nitrogens is 1. The second-order valence-electron chi connectivity index (χ2n) is 4.20. The number of nitrogens with one attached hydrogen (secondary N) is 1. The molecule has 0 bridgehead atoms. The predicted octanol–water partition coefficient (Wildman–Crippen LogP) is 2.85. The Morgan fingerprint density at radius 3 is 2.81 bits per heavy atom. The fourth-order valence-corrected chi connectivity index (χ4v) is 4.08. The molecule has 0 amide bonds. The van der Waals surface area contributed by atoms with Gasteiger partial charge in [-0.2, -0.15) is 0 Å². The molecule has 0 unspecified atom stereocenters. The quantitative estimate of drug-likeness (QED) is 0.622. The van der Waals surface area contributed by atoms with E-state index in [1.807, 2.05) is 18.2 Å². The Morgan fingerprint density at radius 2 is 2.10 bits per heavy atom. The van der Waals surface area contributed by atoms with Gasteiger partial charge >= 0.3 is 0 Å². The number of nitrogen functional groups attached to an aromatic ring is 1. The summed E-state index contributed by atoms with van der Waals surface area (Å²) in [5, 5.41) is 0.428. The van der Waals surface area contributed by atoms with Crippen molar-refractivity contribution in [3.63, 3.8) is 0 Å². The van der Waals surface area contributed by atoms with Crippen molar-refractivity contribution in [1.29, 1.82) is 0 Å². The van der Waals surface area contributed by atoms with E-state index in [0.29, 0.717) is 16.5 Å². The summed E-state index contributed by atoms with van der Waals surface area (Å²) in [6, 6.07) is 10.4. The van der Waals surface area contributed by atoms with Crippen LogP contribution in [0.3, 0.4) is 0 Å². The maximum Gasteiger partial charge on any atom is 0.234 e. The first-order chi connectivity index (χ1) is 9.94. The van der Waals surface area contributed by atoms with Gasteiger partial charge in [0.05, 0.1) is 5.75 Å². The fourth-order valence-electron chi connectivity index (χ4n) is 1.54. The molecule has 1 aromatic heterocycles. The van der Waals surface area contributed by atoms with E-state index in [1.54, 1.807) is 12.1 Å². The molecule has 0 radical (unpaired) electrons. The van der Waals surface area contributed by atoms with Gasteiger partial charge in [0.2, 0.25) is 10.0 Å². The van der Waals surface area contributed by atoms with E-state index in [1.165, 1.54) is 24.0 Å². The van der Waals surface area contributed by atoms with Gasteiger partial charge in [-0.1, -0.05) is 17.7 Å². The maximum atomic E-state index is 11.9. The van der Waals surface area contributed by atoms with Crippen LogP contribution in [0, 0.1) is 0 Å². The number of rotatable bonds is 6. The summed E-state index contributed by atoms with van der Waals surface area (Å²) in [4.78, 5) is 4.84. The van der Waals surface area contributed by atoms with E-state index < -0.39 is 10.0 Å². The second kappa shape index (κ2) is 7.02. The van der Waals surface area contributed by atoms with Gasteiger partial charge in [-0.25, -0.2) is 13.4 Å². The highest BCUT2D eigenvalue weighted by Crippen LogP contribution is 2.20. The Hall–Kier alpha value is -1.44. The van der Waals surface area contributed by atoms with Gasteiger partial charge in [-0.05, 0) is 24.3 Å². The largest absolute Gasteiger partial charge is 0.399 e. The van der Waals surface area contributed by atoms with E-state index in [9.17, 15) is 8.42 Å². The fraction of sp³-hybridized carbons (Fsp3) is 0.154. The first-order valence-corrected chi connectivity index (χ1v) is 9.06. The molecule has 0 saturated carbocycles. The average molecular weight is 344 g/mol. The minimum absolute atomic E-state index is 0.0271. The van der Waals surface area contributed by atoms with Gasteiger partial charge in [0.1, 0.15) is 5.82 Å². The summed E-state index contributed by atoms with van der Waals surface area (Å²) in [6.07, 6.45) is 1.45. The van der Waals surface area contributed by atoms with Crippen molar-refractivity contribution in [2.45, 2.75) is 4.90 Å². The Labute approximate surface area is 133 Å². The number of nitrogens with two attached hydrogens (primary N) is 1. The molecule has 2 rings (SSSR count). The number of nitrogens with zero attached hydrogens (tertiary/aromatic N) is 1. The first kappa shape index (κ1) is 15.9. The van der Waals surface area contributed by atoms with Crippen molar-refractivity contribution >= 4 is 44.9 Å². The molecule has 5 nitrogen and oxygen atoms in total. The number of thioether (sulfide) groups is 1. The maximum absolute atomic E-state index is 11.9. The average Bonchev–Trinajstić information content (AvgIpc) is 2.38. The lowest BCUT2D eigenvalue weighted by atomic mass is 10.3. The summed E-state index contributed by atoms with van der Waals surface area (Å²) in [5.41, 5.74) is 6.32. The molecule has 2 aromatic rings. The van der Waals surface area contributed by atoms with Crippen LogP contribution in [-0.4, -0.2) is 24.9 Å². The summed E-state index contributed by atoms with van der Waals surface area (Å²) in [7, 11) is -3.45. The molecule has 112 valence electrons. The van der Waals surface area contributed by atoms with Crippen LogP contribution in [0.2, 0.25) is 5.02 Å². The lowest BCUT2D eigenvalue weighted by molar-refractivity contribution is 0.602. The third kappa shape index (κ3) is 5.45. The highest BCUT2D eigenvalue weighted by Gasteiger charge is 2.11. The van der Waals surface area contributed by atoms with Crippen molar-refractivity contribution in [1.82, 2.24) is 4.98 Å². The number of hydrogen-bond donors (Lipinski definition) is 2. The monoisotopic (exact) mass is 343 g/mol. The number of sulfonamides is 1. The van der Waals surface area contributed by atoms with Crippen LogP contribution in [0.5, 0.6) is 0 Å². The van der Waals surface area contributed by atoms with Gasteiger partial charge in [0.15, 0.2) is 0 Å². The normalized spacial score (nSPS) is 11.3. The first-order valence-electron chi connectivity index (χ1n) is 6.05. The van der Waals surface area contributed by atoms with E-state index in [-0.39, 0.29) is 11.6 Å². The molecule has 0 atom stereocenters. The highest BCUT2D eigenvalue weighted by atomic mass is 35.5. The van der Waals surface area contributed by atoms with Crippen LogP contribution >= 0.6 is 23.4 Å². The predicted molar refractivity (Wildman–Crippen MR) is 88.2 cm³/mol. The standard InChI is InChI=1S/C13H14ClN3O2S2/c14-10-4-5-16-13(8-10)17-21(18,19)7-6-20-12-3-1-2-11(15)9-12/h1-5,8-9H,6-7,15H2,(H,16,17). The molecule has 0 saturated heterocycles. The van der Waals surface area contributed by atoms with Gasteiger partial charge < -0.3 is 5.73 Å². The van der Waals surface area contributed by atoms with Gasteiger partial charge in [0.25, 0.3) is 0 Å². The number of anilines is 2. The highest BCUT2D eigenvalue weighted by molar-refractivity contribution is 8.01.